The van der Waals surface area contributed by atoms with E-state index in [4.69, 9.17) is 9.66 Å². The molecule has 1 spiro atoms. The van der Waals surface area contributed by atoms with Crippen LogP contribution in [0.3, 0.4) is 0 Å². The van der Waals surface area contributed by atoms with Gasteiger partial charge in [-0.05, 0) is 36.8 Å². The Kier molecular flexibility index (Phi) is 4.28. The van der Waals surface area contributed by atoms with Gasteiger partial charge in [0.25, 0.3) is 16.1 Å². The number of hydrogen-bond acceptors (Lipinski definition) is 5. The van der Waals surface area contributed by atoms with Gasteiger partial charge in [0.15, 0.2) is 5.82 Å². The van der Waals surface area contributed by atoms with E-state index in [-0.39, 0.29) is 30.2 Å². The first-order chi connectivity index (χ1) is 13.0. The molecule has 1 aromatic heterocycles. The third-order valence-corrected chi connectivity index (χ3v) is 6.64. The molecule has 28 heavy (non-hydrogen) atoms. The van der Waals surface area contributed by atoms with Crippen LogP contribution in [0.2, 0.25) is 0 Å². The van der Waals surface area contributed by atoms with Crippen LogP contribution in [0.4, 0.5) is 17.6 Å². The van der Waals surface area contributed by atoms with Crippen LogP contribution in [0, 0.1) is 11.2 Å². The van der Waals surface area contributed by atoms with Crippen molar-refractivity contribution in [2.45, 2.75) is 31.4 Å². The summed E-state index contributed by atoms with van der Waals surface area (Å²) in [6, 6.07) is 2.62. The first-order valence-electron chi connectivity index (χ1n) is 8.49. The number of nitrogens with zero attached hydrogens (tertiary/aromatic N) is 3. The number of nitrogens with two attached hydrogens (primary N) is 1. The predicted octanol–water partition coefficient (Wildman–Crippen LogP) is 2.67. The molecule has 4 rings (SSSR count). The smallest absolute Gasteiger partial charge is 0.334 e. The quantitative estimate of drug-likeness (QED) is 0.770. The monoisotopic (exact) mass is 420 g/mol. The highest BCUT2D eigenvalue weighted by Gasteiger charge is 2.58. The molecule has 0 amide bonds. The van der Waals surface area contributed by atoms with Gasteiger partial charge in [-0.3, -0.25) is 0 Å². The normalized spacial score (nSPS) is 22.5. The highest BCUT2D eigenvalue weighted by atomic mass is 32.2. The Morgan fingerprint density at radius 3 is 2.54 bits per heavy atom. The second kappa shape index (κ2) is 6.22. The molecule has 0 bridgehead atoms. The number of benzene rings is 1. The van der Waals surface area contributed by atoms with Crippen LogP contribution in [0.15, 0.2) is 22.7 Å². The Labute approximate surface area is 157 Å². The Morgan fingerprint density at radius 2 is 1.93 bits per heavy atom. The fourth-order valence-corrected chi connectivity index (χ4v) is 4.60. The van der Waals surface area contributed by atoms with E-state index in [1.165, 1.54) is 4.31 Å². The van der Waals surface area contributed by atoms with Crippen LogP contribution in [0.1, 0.15) is 36.6 Å². The Morgan fingerprint density at radius 1 is 1.25 bits per heavy atom. The zero-order chi connectivity index (χ0) is 20.3. The fraction of sp³-hybridized carbons (Fsp3) is 0.500. The lowest BCUT2D eigenvalue weighted by Crippen LogP contribution is -2.43. The van der Waals surface area contributed by atoms with E-state index in [2.05, 4.69) is 10.1 Å². The molecular formula is C16H16F4N4O3S. The summed E-state index contributed by atoms with van der Waals surface area (Å²) in [6.07, 6.45) is -3.04. The lowest BCUT2D eigenvalue weighted by Gasteiger charge is -2.30. The van der Waals surface area contributed by atoms with Crippen molar-refractivity contribution in [1.29, 1.82) is 0 Å². The minimum absolute atomic E-state index is 0.172. The minimum atomic E-state index is -4.77. The Hall–Kier alpha value is -2.05. The summed E-state index contributed by atoms with van der Waals surface area (Å²) in [5, 5.41) is 8.89. The van der Waals surface area contributed by atoms with Crippen molar-refractivity contribution in [3.63, 3.8) is 0 Å². The van der Waals surface area contributed by atoms with Gasteiger partial charge >= 0.3 is 6.18 Å². The highest BCUT2D eigenvalue weighted by molar-refractivity contribution is 7.86. The number of aromatic nitrogens is 2. The van der Waals surface area contributed by atoms with Gasteiger partial charge in [-0.25, -0.2) is 9.53 Å². The summed E-state index contributed by atoms with van der Waals surface area (Å²) in [6.45, 7) is 0.511. The van der Waals surface area contributed by atoms with E-state index in [1.54, 1.807) is 0 Å². The topological polar surface area (TPSA) is 102 Å². The van der Waals surface area contributed by atoms with Crippen LogP contribution in [0.5, 0.6) is 0 Å². The molecule has 2 heterocycles. The highest BCUT2D eigenvalue weighted by Crippen LogP contribution is 2.64. The van der Waals surface area contributed by atoms with Gasteiger partial charge in [0.05, 0.1) is 11.1 Å². The molecule has 1 atom stereocenters. The number of hydrogen-bond donors (Lipinski definition) is 1. The first-order valence-corrected chi connectivity index (χ1v) is 9.99. The average Bonchev–Trinajstić information content (AvgIpc) is 3.07. The fourth-order valence-electron chi connectivity index (χ4n) is 3.91. The molecule has 2 aliphatic rings. The molecule has 12 heteroatoms. The van der Waals surface area contributed by atoms with E-state index in [1.807, 2.05) is 0 Å². The predicted molar refractivity (Wildman–Crippen MR) is 88.4 cm³/mol. The standard InChI is InChI=1S/C16H16F4N4O3S/c17-11-3-1-2-9(16(18,19)20)12(11)14-22-13(23-27-14)10-8-15(10)4-6-24(7-5-15)28(21,25)26/h1-3,10H,4-8H2,(H2,21,25,26)/t10-/m0/s1. The van der Waals surface area contributed by atoms with Crippen molar-refractivity contribution < 1.29 is 30.5 Å². The van der Waals surface area contributed by atoms with Gasteiger partial charge in [-0.2, -0.15) is 30.9 Å². The molecule has 2 aromatic rings. The molecule has 1 aromatic carbocycles. The molecule has 2 N–H and O–H groups in total. The zero-order valence-corrected chi connectivity index (χ0v) is 15.2. The molecule has 152 valence electrons. The Balaban J connectivity index is 1.57. The largest absolute Gasteiger partial charge is 0.417 e. The van der Waals surface area contributed by atoms with Crippen molar-refractivity contribution in [1.82, 2.24) is 14.4 Å². The van der Waals surface area contributed by atoms with Crippen molar-refractivity contribution in [3.05, 3.63) is 35.4 Å². The van der Waals surface area contributed by atoms with E-state index in [9.17, 15) is 26.0 Å². The summed E-state index contributed by atoms with van der Waals surface area (Å²) in [5.41, 5.74) is -2.19. The van der Waals surface area contributed by atoms with Gasteiger partial charge in [-0.15, -0.1) is 0 Å². The summed E-state index contributed by atoms with van der Waals surface area (Å²) in [7, 11) is -3.75. The molecule has 2 fully saturated rings. The third kappa shape index (κ3) is 3.29. The van der Waals surface area contributed by atoms with Crippen molar-refractivity contribution >= 4 is 10.2 Å². The van der Waals surface area contributed by atoms with Crippen LogP contribution < -0.4 is 5.14 Å². The summed E-state index contributed by atoms with van der Waals surface area (Å²) < 4.78 is 82.6. The summed E-state index contributed by atoms with van der Waals surface area (Å²) in [4.78, 5) is 4.02. The maximum Gasteiger partial charge on any atom is 0.417 e. The van der Waals surface area contributed by atoms with E-state index < -0.39 is 39.2 Å². The molecule has 7 nitrogen and oxygen atoms in total. The average molecular weight is 420 g/mol. The van der Waals surface area contributed by atoms with Gasteiger partial charge < -0.3 is 4.52 Å². The third-order valence-electron chi connectivity index (χ3n) is 5.55. The molecular weight excluding hydrogens is 404 g/mol. The number of alkyl halides is 3. The molecule has 0 unspecified atom stereocenters. The van der Waals surface area contributed by atoms with Gasteiger partial charge in [0.2, 0.25) is 0 Å². The van der Waals surface area contributed by atoms with Crippen LogP contribution >= 0.6 is 0 Å². The Bertz CT molecular complexity index is 1010. The SMILES string of the molecule is NS(=O)(=O)N1CCC2(CC1)C[C@H]2c1noc(-c2c(F)cccc2C(F)(F)F)n1. The number of rotatable bonds is 3. The number of halogens is 4. The van der Waals surface area contributed by atoms with Crippen LogP contribution in [-0.4, -0.2) is 36.0 Å². The lowest BCUT2D eigenvalue weighted by atomic mass is 9.92. The summed E-state index contributed by atoms with van der Waals surface area (Å²) in [5.74, 6) is -1.59. The second-order valence-electron chi connectivity index (χ2n) is 7.18. The van der Waals surface area contributed by atoms with E-state index >= 15 is 0 Å². The van der Waals surface area contributed by atoms with E-state index in [0.717, 1.165) is 18.2 Å². The van der Waals surface area contributed by atoms with Crippen molar-refractivity contribution in [2.24, 2.45) is 10.6 Å². The maximum absolute atomic E-state index is 14.1. The molecule has 1 aliphatic carbocycles. The van der Waals surface area contributed by atoms with Gasteiger partial charge in [0, 0.05) is 19.0 Å². The molecule has 1 saturated carbocycles. The van der Waals surface area contributed by atoms with Gasteiger partial charge in [-0.1, -0.05) is 11.2 Å². The maximum atomic E-state index is 14.1. The van der Waals surface area contributed by atoms with Crippen LogP contribution in [0.25, 0.3) is 11.5 Å². The van der Waals surface area contributed by atoms with Crippen molar-refractivity contribution in [2.75, 3.05) is 13.1 Å². The number of piperidine rings is 1. The first kappa shape index (κ1) is 19.3. The van der Waals surface area contributed by atoms with Crippen molar-refractivity contribution in [3.8, 4) is 11.5 Å². The molecule has 0 radical (unpaired) electrons. The minimum Gasteiger partial charge on any atom is -0.334 e. The van der Waals surface area contributed by atoms with E-state index in [0.29, 0.717) is 19.3 Å². The van der Waals surface area contributed by atoms with Crippen LogP contribution in [-0.2, 0) is 16.4 Å². The van der Waals surface area contributed by atoms with Gasteiger partial charge in [0.1, 0.15) is 5.82 Å². The summed E-state index contributed by atoms with van der Waals surface area (Å²) >= 11 is 0. The molecule has 1 aliphatic heterocycles. The molecule has 1 saturated heterocycles. The second-order valence-corrected chi connectivity index (χ2v) is 8.73. The lowest BCUT2D eigenvalue weighted by molar-refractivity contribution is -0.137. The zero-order valence-electron chi connectivity index (χ0n) is 14.4.